The Kier molecular flexibility index (Phi) is 4.94. The van der Waals surface area contributed by atoms with Crippen LogP contribution in [0.3, 0.4) is 0 Å². The Bertz CT molecular complexity index is 414. The van der Waals surface area contributed by atoms with E-state index >= 15 is 0 Å². The van der Waals surface area contributed by atoms with Crippen molar-refractivity contribution >= 4 is 34.2 Å². The van der Waals surface area contributed by atoms with Crippen molar-refractivity contribution in [3.8, 4) is 0 Å². The van der Waals surface area contributed by atoms with Gasteiger partial charge in [0, 0.05) is 15.8 Å². The van der Waals surface area contributed by atoms with Crippen molar-refractivity contribution in [3.63, 3.8) is 0 Å². The second kappa shape index (κ2) is 5.82. The van der Waals surface area contributed by atoms with E-state index in [4.69, 9.17) is 5.73 Å². The van der Waals surface area contributed by atoms with E-state index in [0.29, 0.717) is 6.54 Å². The van der Waals surface area contributed by atoms with Crippen molar-refractivity contribution in [1.29, 1.82) is 0 Å². The largest absolute Gasteiger partial charge is 0.329 e. The number of nitrogens with one attached hydrogen (secondary N) is 1. The summed E-state index contributed by atoms with van der Waals surface area (Å²) in [7, 11) is 0. The summed E-state index contributed by atoms with van der Waals surface area (Å²) in [6.45, 7) is 6.22. The summed E-state index contributed by atoms with van der Waals surface area (Å²) in [4.78, 5) is 12.2. The van der Waals surface area contributed by atoms with E-state index in [2.05, 4.69) is 27.9 Å². The van der Waals surface area contributed by atoms with Crippen molar-refractivity contribution in [1.82, 2.24) is 0 Å². The number of nitrogens with two attached hydrogens (primary N) is 1. The molecular formula is C13H19IN2O. The highest BCUT2D eigenvalue weighted by Gasteiger charge is 2.29. The van der Waals surface area contributed by atoms with Gasteiger partial charge in [-0.3, -0.25) is 4.79 Å². The van der Waals surface area contributed by atoms with E-state index in [0.717, 1.165) is 21.2 Å². The molecule has 1 aromatic rings. The molecule has 17 heavy (non-hydrogen) atoms. The maximum atomic E-state index is 12.2. The molecule has 0 saturated heterocycles. The molecule has 1 amide bonds. The van der Waals surface area contributed by atoms with Crippen LogP contribution in [0.2, 0.25) is 0 Å². The van der Waals surface area contributed by atoms with Gasteiger partial charge in [-0.2, -0.15) is 0 Å². The predicted octanol–water partition coefficient (Wildman–Crippen LogP) is 2.91. The number of carbonyl (C=O) groups is 1. The van der Waals surface area contributed by atoms with E-state index in [1.165, 1.54) is 0 Å². The molecule has 1 rings (SSSR count). The summed E-state index contributed by atoms with van der Waals surface area (Å²) in [6, 6.07) is 6.00. The Morgan fingerprint density at radius 3 is 2.71 bits per heavy atom. The normalized spacial score (nSPS) is 14.2. The average molecular weight is 346 g/mol. The molecule has 0 bridgehead atoms. The summed E-state index contributed by atoms with van der Waals surface area (Å²) in [5.41, 5.74) is 7.12. The fourth-order valence-corrected chi connectivity index (χ4v) is 1.89. The number of aryl methyl sites for hydroxylation is 1. The Labute approximate surface area is 116 Å². The lowest BCUT2D eigenvalue weighted by molar-refractivity contribution is -0.124. The molecule has 1 aromatic carbocycles. The lowest BCUT2D eigenvalue weighted by Gasteiger charge is -2.25. The quantitative estimate of drug-likeness (QED) is 0.824. The first kappa shape index (κ1) is 14.4. The van der Waals surface area contributed by atoms with Gasteiger partial charge in [0.05, 0.1) is 5.41 Å². The van der Waals surface area contributed by atoms with E-state index in [1.807, 2.05) is 39.0 Å². The molecule has 94 valence electrons. The van der Waals surface area contributed by atoms with Gasteiger partial charge in [0.25, 0.3) is 0 Å². The van der Waals surface area contributed by atoms with Gasteiger partial charge in [-0.1, -0.05) is 13.0 Å². The van der Waals surface area contributed by atoms with Gasteiger partial charge in [0.2, 0.25) is 5.91 Å². The van der Waals surface area contributed by atoms with Crippen LogP contribution in [0, 0.1) is 15.9 Å². The molecular weight excluding hydrogens is 327 g/mol. The molecule has 0 radical (unpaired) electrons. The van der Waals surface area contributed by atoms with Crippen LogP contribution in [0.25, 0.3) is 0 Å². The number of amides is 1. The summed E-state index contributed by atoms with van der Waals surface area (Å²) in [5.74, 6) is -0.00685. The van der Waals surface area contributed by atoms with Crippen LogP contribution >= 0.6 is 22.6 Å². The Hall–Kier alpha value is -0.620. The topological polar surface area (TPSA) is 55.1 Å². The standard InChI is InChI=1S/C13H19IN2O/c1-4-13(3,8-15)12(17)16-11-7-10(14)6-5-9(11)2/h5-7H,4,8,15H2,1-3H3,(H,16,17). The molecule has 0 aliphatic rings. The van der Waals surface area contributed by atoms with E-state index in [1.54, 1.807) is 0 Å². The first-order chi connectivity index (χ1) is 7.92. The van der Waals surface area contributed by atoms with Crippen LogP contribution in [0.15, 0.2) is 18.2 Å². The zero-order chi connectivity index (χ0) is 13.1. The molecule has 0 spiro atoms. The van der Waals surface area contributed by atoms with E-state index in [-0.39, 0.29) is 5.91 Å². The predicted molar refractivity (Wildman–Crippen MR) is 80.0 cm³/mol. The molecule has 1 atom stereocenters. The molecule has 4 heteroatoms. The van der Waals surface area contributed by atoms with Crippen molar-refractivity contribution in [2.75, 3.05) is 11.9 Å². The summed E-state index contributed by atoms with van der Waals surface area (Å²) in [5, 5.41) is 2.97. The van der Waals surface area contributed by atoms with Crippen LogP contribution < -0.4 is 11.1 Å². The van der Waals surface area contributed by atoms with Crippen LogP contribution in [-0.4, -0.2) is 12.5 Å². The molecule has 0 aliphatic heterocycles. The molecule has 0 saturated carbocycles. The number of carbonyl (C=O) groups excluding carboxylic acids is 1. The summed E-state index contributed by atoms with van der Waals surface area (Å²) >= 11 is 2.23. The second-order valence-corrected chi connectivity index (χ2v) is 5.78. The highest BCUT2D eigenvalue weighted by molar-refractivity contribution is 14.1. The van der Waals surface area contributed by atoms with Crippen LogP contribution in [0.5, 0.6) is 0 Å². The molecule has 0 fully saturated rings. The van der Waals surface area contributed by atoms with Gasteiger partial charge in [0.1, 0.15) is 0 Å². The minimum Gasteiger partial charge on any atom is -0.329 e. The third-order valence-corrected chi connectivity index (χ3v) is 3.90. The van der Waals surface area contributed by atoms with Crippen molar-refractivity contribution in [2.45, 2.75) is 27.2 Å². The molecule has 1 unspecified atom stereocenters. The Morgan fingerprint density at radius 1 is 1.53 bits per heavy atom. The van der Waals surface area contributed by atoms with Gasteiger partial charge in [-0.25, -0.2) is 0 Å². The maximum absolute atomic E-state index is 12.2. The van der Waals surface area contributed by atoms with Crippen molar-refractivity contribution in [3.05, 3.63) is 27.3 Å². The number of rotatable bonds is 4. The summed E-state index contributed by atoms with van der Waals surface area (Å²) < 4.78 is 1.11. The van der Waals surface area contributed by atoms with E-state index in [9.17, 15) is 4.79 Å². The van der Waals surface area contributed by atoms with Gasteiger partial charge >= 0.3 is 0 Å². The second-order valence-electron chi connectivity index (χ2n) is 4.53. The van der Waals surface area contributed by atoms with E-state index < -0.39 is 5.41 Å². The van der Waals surface area contributed by atoms with Crippen molar-refractivity contribution in [2.24, 2.45) is 11.1 Å². The number of halogens is 1. The first-order valence-electron chi connectivity index (χ1n) is 5.70. The smallest absolute Gasteiger partial charge is 0.231 e. The molecule has 0 aliphatic carbocycles. The van der Waals surface area contributed by atoms with Crippen LogP contribution in [0.1, 0.15) is 25.8 Å². The zero-order valence-electron chi connectivity index (χ0n) is 10.5. The number of hydrogen-bond acceptors (Lipinski definition) is 2. The van der Waals surface area contributed by atoms with Gasteiger partial charge in [-0.15, -0.1) is 0 Å². The minimum atomic E-state index is -0.492. The Balaban J connectivity index is 2.91. The fourth-order valence-electron chi connectivity index (χ4n) is 1.40. The highest BCUT2D eigenvalue weighted by atomic mass is 127. The van der Waals surface area contributed by atoms with Crippen molar-refractivity contribution < 1.29 is 4.79 Å². The van der Waals surface area contributed by atoms with Crippen LogP contribution in [-0.2, 0) is 4.79 Å². The Morgan fingerprint density at radius 2 is 2.18 bits per heavy atom. The highest BCUT2D eigenvalue weighted by Crippen LogP contribution is 2.24. The SMILES string of the molecule is CCC(C)(CN)C(=O)Nc1cc(I)ccc1C. The molecule has 0 aromatic heterocycles. The average Bonchev–Trinajstić information content (AvgIpc) is 2.32. The monoisotopic (exact) mass is 346 g/mol. The lowest BCUT2D eigenvalue weighted by Crippen LogP contribution is -2.39. The third kappa shape index (κ3) is 3.42. The zero-order valence-corrected chi connectivity index (χ0v) is 12.7. The maximum Gasteiger partial charge on any atom is 0.231 e. The minimum absolute atomic E-state index is 0.00685. The molecule has 0 heterocycles. The molecule has 3 N–H and O–H groups in total. The first-order valence-corrected chi connectivity index (χ1v) is 6.78. The van der Waals surface area contributed by atoms with Gasteiger partial charge in [-0.05, 0) is 60.6 Å². The lowest BCUT2D eigenvalue weighted by atomic mass is 9.86. The van der Waals surface area contributed by atoms with Gasteiger partial charge < -0.3 is 11.1 Å². The van der Waals surface area contributed by atoms with Crippen LogP contribution in [0.4, 0.5) is 5.69 Å². The number of hydrogen-bond donors (Lipinski definition) is 2. The summed E-state index contributed by atoms with van der Waals surface area (Å²) in [6.07, 6.45) is 0.734. The van der Waals surface area contributed by atoms with Gasteiger partial charge in [0.15, 0.2) is 0 Å². The molecule has 3 nitrogen and oxygen atoms in total. The number of benzene rings is 1. The fraction of sp³-hybridized carbons (Fsp3) is 0.462. The third-order valence-electron chi connectivity index (χ3n) is 3.23. The number of anilines is 1.